The molecular weight excluding hydrogens is 414 g/mol. The molecule has 5 rings (SSSR count). The van der Waals surface area contributed by atoms with Crippen molar-refractivity contribution in [2.24, 2.45) is 0 Å². The van der Waals surface area contributed by atoms with E-state index in [0.717, 1.165) is 43.0 Å². The Balaban J connectivity index is 1.44. The maximum absolute atomic E-state index is 13.5. The Labute approximate surface area is 195 Å². The molecule has 0 N–H and O–H groups in total. The first-order valence-electron chi connectivity index (χ1n) is 11.7. The van der Waals surface area contributed by atoms with Crippen LogP contribution in [0.4, 0.5) is 0 Å². The molecule has 0 saturated carbocycles. The van der Waals surface area contributed by atoms with E-state index >= 15 is 0 Å². The Hall–Kier alpha value is -3.03. The molecule has 2 aliphatic rings. The van der Waals surface area contributed by atoms with Crippen LogP contribution in [0.2, 0.25) is 0 Å². The molecule has 1 amide bonds. The summed E-state index contributed by atoms with van der Waals surface area (Å²) in [5.41, 5.74) is 7.71. The molecule has 7 nitrogen and oxygen atoms in total. The molecule has 0 spiro atoms. The van der Waals surface area contributed by atoms with Crippen LogP contribution in [-0.4, -0.2) is 63.3 Å². The number of pyridine rings is 1. The van der Waals surface area contributed by atoms with E-state index in [-0.39, 0.29) is 5.91 Å². The molecule has 0 bridgehead atoms. The number of morpholine rings is 1. The first kappa shape index (κ1) is 21.8. The van der Waals surface area contributed by atoms with Gasteiger partial charge in [0.25, 0.3) is 5.91 Å². The molecule has 0 atom stereocenters. The van der Waals surface area contributed by atoms with Crippen LogP contribution in [0.1, 0.15) is 44.1 Å². The standard InChI is InChI=1S/C26H31N5O2/c1-19-6-7-21(20(2)15-19)16-29-10-8-24-23(18-29)25(26(32)30-11-13-33-14-12-30)28-31(24)17-22-5-3-4-9-27-22/h3-7,9,15H,8,10-14,16-18H2,1-2H3. The smallest absolute Gasteiger partial charge is 0.274 e. The molecular formula is C26H31N5O2. The molecule has 2 aliphatic heterocycles. The lowest BCUT2D eigenvalue weighted by atomic mass is 10.0. The molecule has 1 saturated heterocycles. The van der Waals surface area contributed by atoms with E-state index < -0.39 is 0 Å². The average molecular weight is 446 g/mol. The number of ether oxygens (including phenoxy) is 1. The topological polar surface area (TPSA) is 63.5 Å². The monoisotopic (exact) mass is 445 g/mol. The van der Waals surface area contributed by atoms with Crippen LogP contribution in [0, 0.1) is 13.8 Å². The molecule has 172 valence electrons. The van der Waals surface area contributed by atoms with Crippen LogP contribution >= 0.6 is 0 Å². The first-order chi connectivity index (χ1) is 16.1. The van der Waals surface area contributed by atoms with E-state index in [0.29, 0.717) is 38.5 Å². The van der Waals surface area contributed by atoms with Gasteiger partial charge in [-0.3, -0.25) is 19.4 Å². The Morgan fingerprint density at radius 1 is 1.06 bits per heavy atom. The fourth-order valence-electron chi connectivity index (χ4n) is 4.81. The van der Waals surface area contributed by atoms with Crippen LogP contribution in [-0.2, 0) is 30.8 Å². The maximum atomic E-state index is 13.5. The van der Waals surface area contributed by atoms with Crippen LogP contribution in [0.25, 0.3) is 0 Å². The lowest BCUT2D eigenvalue weighted by Gasteiger charge is -2.29. The number of fused-ring (bicyclic) bond motifs is 1. The second-order valence-corrected chi connectivity index (χ2v) is 9.05. The Morgan fingerprint density at radius 2 is 1.91 bits per heavy atom. The zero-order chi connectivity index (χ0) is 22.8. The van der Waals surface area contributed by atoms with E-state index in [4.69, 9.17) is 9.84 Å². The first-order valence-corrected chi connectivity index (χ1v) is 11.7. The summed E-state index contributed by atoms with van der Waals surface area (Å²) in [5.74, 6) is 0.0164. The number of benzene rings is 1. The number of hydrogen-bond acceptors (Lipinski definition) is 5. The molecule has 7 heteroatoms. The lowest BCUT2D eigenvalue weighted by Crippen LogP contribution is -2.41. The largest absolute Gasteiger partial charge is 0.378 e. The average Bonchev–Trinajstić information content (AvgIpc) is 3.19. The van der Waals surface area contributed by atoms with E-state index in [1.165, 1.54) is 16.7 Å². The van der Waals surface area contributed by atoms with Crippen molar-refractivity contribution in [2.75, 3.05) is 32.8 Å². The van der Waals surface area contributed by atoms with Crippen LogP contribution < -0.4 is 0 Å². The van der Waals surface area contributed by atoms with Crippen molar-refractivity contribution in [1.29, 1.82) is 0 Å². The molecule has 1 aromatic carbocycles. The van der Waals surface area contributed by atoms with Gasteiger partial charge in [0, 0.05) is 56.6 Å². The van der Waals surface area contributed by atoms with Gasteiger partial charge in [-0.15, -0.1) is 0 Å². The number of amides is 1. The van der Waals surface area contributed by atoms with Crippen LogP contribution in [0.5, 0.6) is 0 Å². The highest BCUT2D eigenvalue weighted by Gasteiger charge is 2.31. The van der Waals surface area contributed by atoms with Crippen molar-refractivity contribution in [2.45, 2.75) is 39.9 Å². The molecule has 0 aliphatic carbocycles. The van der Waals surface area contributed by atoms with Gasteiger partial charge in [0.15, 0.2) is 5.69 Å². The van der Waals surface area contributed by atoms with Gasteiger partial charge in [-0.05, 0) is 37.1 Å². The van der Waals surface area contributed by atoms with Gasteiger partial charge in [0.05, 0.1) is 25.5 Å². The van der Waals surface area contributed by atoms with E-state index in [1.54, 1.807) is 6.20 Å². The fraction of sp³-hybridized carbons (Fsp3) is 0.423. The Bertz CT molecular complexity index is 1140. The van der Waals surface area contributed by atoms with Crippen molar-refractivity contribution < 1.29 is 9.53 Å². The molecule has 4 heterocycles. The number of rotatable bonds is 5. The van der Waals surface area contributed by atoms with Gasteiger partial charge in [0.2, 0.25) is 0 Å². The molecule has 3 aromatic rings. The van der Waals surface area contributed by atoms with Gasteiger partial charge in [-0.1, -0.05) is 29.8 Å². The quantitative estimate of drug-likeness (QED) is 0.604. The van der Waals surface area contributed by atoms with Gasteiger partial charge < -0.3 is 9.64 Å². The summed E-state index contributed by atoms with van der Waals surface area (Å²) in [6.07, 6.45) is 2.67. The summed E-state index contributed by atoms with van der Waals surface area (Å²) >= 11 is 0. The summed E-state index contributed by atoms with van der Waals surface area (Å²) in [6.45, 7) is 9.84. The molecule has 2 aromatic heterocycles. The SMILES string of the molecule is Cc1ccc(CN2CCc3c(c(C(=O)N4CCOCC4)nn3Cc3ccccn3)C2)c(C)c1. The molecule has 0 unspecified atom stereocenters. The van der Waals surface area contributed by atoms with E-state index in [1.807, 2.05) is 27.8 Å². The van der Waals surface area contributed by atoms with Crippen molar-refractivity contribution >= 4 is 5.91 Å². The summed E-state index contributed by atoms with van der Waals surface area (Å²) in [5, 5.41) is 4.85. The number of nitrogens with zero attached hydrogens (tertiary/aromatic N) is 5. The third-order valence-electron chi connectivity index (χ3n) is 6.64. The summed E-state index contributed by atoms with van der Waals surface area (Å²) in [7, 11) is 0. The van der Waals surface area contributed by atoms with E-state index in [2.05, 4.69) is 41.9 Å². The Morgan fingerprint density at radius 3 is 2.67 bits per heavy atom. The normalized spacial score (nSPS) is 16.6. The minimum absolute atomic E-state index is 0.0164. The van der Waals surface area contributed by atoms with Crippen molar-refractivity contribution in [1.82, 2.24) is 24.6 Å². The van der Waals surface area contributed by atoms with Crippen molar-refractivity contribution in [3.05, 3.63) is 81.9 Å². The van der Waals surface area contributed by atoms with Crippen LogP contribution in [0.3, 0.4) is 0 Å². The zero-order valence-corrected chi connectivity index (χ0v) is 19.5. The number of carbonyl (C=O) groups is 1. The zero-order valence-electron chi connectivity index (χ0n) is 19.5. The number of hydrogen-bond donors (Lipinski definition) is 0. The Kier molecular flexibility index (Phi) is 6.24. The third kappa shape index (κ3) is 4.70. The number of aromatic nitrogens is 3. The molecule has 0 radical (unpaired) electrons. The van der Waals surface area contributed by atoms with Crippen molar-refractivity contribution in [3.63, 3.8) is 0 Å². The van der Waals surface area contributed by atoms with Gasteiger partial charge in [0.1, 0.15) is 0 Å². The van der Waals surface area contributed by atoms with Crippen molar-refractivity contribution in [3.8, 4) is 0 Å². The molecule has 1 fully saturated rings. The van der Waals surface area contributed by atoms with Crippen LogP contribution in [0.15, 0.2) is 42.6 Å². The lowest BCUT2D eigenvalue weighted by molar-refractivity contribution is 0.0297. The summed E-state index contributed by atoms with van der Waals surface area (Å²) < 4.78 is 7.45. The third-order valence-corrected chi connectivity index (χ3v) is 6.64. The maximum Gasteiger partial charge on any atom is 0.274 e. The summed E-state index contributed by atoms with van der Waals surface area (Å²) in [4.78, 5) is 22.2. The second-order valence-electron chi connectivity index (χ2n) is 9.05. The van der Waals surface area contributed by atoms with Gasteiger partial charge in [-0.25, -0.2) is 0 Å². The summed E-state index contributed by atoms with van der Waals surface area (Å²) in [6, 6.07) is 12.6. The van der Waals surface area contributed by atoms with E-state index in [9.17, 15) is 4.79 Å². The predicted octanol–water partition coefficient (Wildman–Crippen LogP) is 2.97. The van der Waals surface area contributed by atoms with Gasteiger partial charge in [-0.2, -0.15) is 5.10 Å². The second kappa shape index (κ2) is 9.45. The van der Waals surface area contributed by atoms with Gasteiger partial charge >= 0.3 is 0 Å². The highest BCUT2D eigenvalue weighted by atomic mass is 16.5. The fourth-order valence-corrected chi connectivity index (χ4v) is 4.81. The minimum atomic E-state index is 0.0164. The number of aryl methyl sites for hydroxylation is 2. The highest BCUT2D eigenvalue weighted by Crippen LogP contribution is 2.26. The minimum Gasteiger partial charge on any atom is -0.378 e. The number of carbonyl (C=O) groups excluding carboxylic acids is 1. The predicted molar refractivity (Wildman–Crippen MR) is 126 cm³/mol. The highest BCUT2D eigenvalue weighted by molar-refractivity contribution is 5.94. The molecule has 33 heavy (non-hydrogen) atoms.